The van der Waals surface area contributed by atoms with Gasteiger partial charge >= 0.3 is 0 Å². The van der Waals surface area contributed by atoms with Crippen LogP contribution in [0.4, 0.5) is 0 Å². The second-order valence-corrected chi connectivity index (χ2v) is 6.08. The molecular weight excluding hydrogens is 262 g/mol. The molecule has 1 spiro atoms. The van der Waals surface area contributed by atoms with Gasteiger partial charge in [0.2, 0.25) is 0 Å². The average molecular weight is 285 g/mol. The third-order valence-electron chi connectivity index (χ3n) is 4.63. The first kappa shape index (κ1) is 14.1. The van der Waals surface area contributed by atoms with Crippen molar-refractivity contribution in [3.63, 3.8) is 0 Å². The Morgan fingerprint density at radius 1 is 1.24 bits per heavy atom. The van der Waals surface area contributed by atoms with Crippen LogP contribution in [0.25, 0.3) is 0 Å². The molecule has 0 unspecified atom stereocenters. The van der Waals surface area contributed by atoms with Crippen LogP contribution >= 0.6 is 0 Å². The zero-order chi connectivity index (χ0) is 14.7. The van der Waals surface area contributed by atoms with Gasteiger partial charge in [0.15, 0.2) is 5.96 Å². The Morgan fingerprint density at radius 3 is 2.62 bits per heavy atom. The number of rotatable bonds is 3. The van der Waals surface area contributed by atoms with Gasteiger partial charge in [-0.05, 0) is 43.6 Å². The van der Waals surface area contributed by atoms with Crippen molar-refractivity contribution >= 4 is 11.9 Å². The topological polar surface area (TPSA) is 53.5 Å². The third-order valence-corrected chi connectivity index (χ3v) is 4.63. The van der Waals surface area contributed by atoms with Gasteiger partial charge in [0.1, 0.15) is 5.54 Å². The van der Waals surface area contributed by atoms with E-state index >= 15 is 0 Å². The fraction of sp³-hybridized carbons (Fsp3) is 0.529. The van der Waals surface area contributed by atoms with E-state index in [0.29, 0.717) is 11.9 Å². The highest BCUT2D eigenvalue weighted by Crippen LogP contribution is 2.39. The van der Waals surface area contributed by atoms with Gasteiger partial charge in [0, 0.05) is 6.54 Å². The van der Waals surface area contributed by atoms with Crippen molar-refractivity contribution < 1.29 is 4.79 Å². The smallest absolute Gasteiger partial charge is 0.252 e. The molecule has 1 aromatic carbocycles. The summed E-state index contributed by atoms with van der Waals surface area (Å²) in [5.41, 5.74) is 0.975. The summed E-state index contributed by atoms with van der Waals surface area (Å²) in [4.78, 5) is 16.7. The predicted octanol–water partition coefficient (Wildman–Crippen LogP) is 2.57. The number of hydrogen-bond donors (Lipinski definition) is 2. The van der Waals surface area contributed by atoms with Crippen LogP contribution in [0.15, 0.2) is 35.3 Å². The van der Waals surface area contributed by atoms with Crippen molar-refractivity contribution in [2.45, 2.75) is 50.5 Å². The molecule has 1 amide bonds. The maximum absolute atomic E-state index is 12.3. The van der Waals surface area contributed by atoms with Crippen LogP contribution in [0.5, 0.6) is 0 Å². The van der Waals surface area contributed by atoms with Crippen molar-refractivity contribution in [1.82, 2.24) is 10.6 Å². The van der Waals surface area contributed by atoms with Crippen molar-refractivity contribution in [2.24, 2.45) is 4.99 Å². The molecule has 1 saturated heterocycles. The van der Waals surface area contributed by atoms with Crippen LogP contribution in [-0.4, -0.2) is 24.0 Å². The Balaban J connectivity index is 1.66. The zero-order valence-corrected chi connectivity index (χ0v) is 12.6. The van der Waals surface area contributed by atoms with Crippen LogP contribution in [0.2, 0.25) is 0 Å². The molecule has 3 rings (SSSR count). The molecule has 21 heavy (non-hydrogen) atoms. The van der Waals surface area contributed by atoms with E-state index in [9.17, 15) is 4.79 Å². The van der Waals surface area contributed by atoms with Gasteiger partial charge in [-0.25, -0.2) is 0 Å². The van der Waals surface area contributed by atoms with Crippen LogP contribution in [-0.2, 0) is 4.79 Å². The summed E-state index contributed by atoms with van der Waals surface area (Å²) in [6.07, 6.45) is 4.84. The molecule has 1 saturated carbocycles. The molecule has 1 heterocycles. The van der Waals surface area contributed by atoms with E-state index in [4.69, 9.17) is 0 Å². The Morgan fingerprint density at radius 2 is 1.95 bits per heavy atom. The maximum Gasteiger partial charge on any atom is 0.252 e. The summed E-state index contributed by atoms with van der Waals surface area (Å²) in [6, 6.07) is 10.6. The van der Waals surface area contributed by atoms with Crippen molar-refractivity contribution in [3.05, 3.63) is 35.9 Å². The lowest BCUT2D eigenvalue weighted by Gasteiger charge is -2.35. The number of guanidine groups is 1. The summed E-state index contributed by atoms with van der Waals surface area (Å²) in [5.74, 6) is 1.34. The van der Waals surface area contributed by atoms with Crippen LogP contribution in [0, 0.1) is 0 Å². The van der Waals surface area contributed by atoms with E-state index in [2.05, 4.69) is 52.9 Å². The maximum atomic E-state index is 12.3. The monoisotopic (exact) mass is 285 g/mol. The van der Waals surface area contributed by atoms with E-state index in [1.807, 2.05) is 0 Å². The van der Waals surface area contributed by atoms with E-state index < -0.39 is 5.54 Å². The molecule has 0 bridgehead atoms. The molecule has 0 radical (unpaired) electrons. The molecule has 2 fully saturated rings. The molecule has 1 aromatic rings. The Kier molecular flexibility index (Phi) is 3.95. The molecule has 4 nitrogen and oxygen atoms in total. The minimum absolute atomic E-state index is 0.101. The summed E-state index contributed by atoms with van der Waals surface area (Å²) < 4.78 is 0. The Bertz CT molecular complexity index is 530. The first-order chi connectivity index (χ1) is 10.2. The van der Waals surface area contributed by atoms with E-state index in [1.165, 1.54) is 5.56 Å². The van der Waals surface area contributed by atoms with Crippen LogP contribution < -0.4 is 10.6 Å². The molecule has 0 atom stereocenters. The highest BCUT2D eigenvalue weighted by molar-refractivity contribution is 6.09. The Labute approximate surface area is 126 Å². The summed E-state index contributed by atoms with van der Waals surface area (Å²) in [6.45, 7) is 2.84. The lowest BCUT2D eigenvalue weighted by molar-refractivity contribution is -0.125. The SMILES string of the molecule is CCCN=C1NC(=O)C2(CCC(c3ccccc3)CC2)N1. The first-order valence-electron chi connectivity index (χ1n) is 7.92. The average Bonchev–Trinajstić information content (AvgIpc) is 2.83. The normalized spacial score (nSPS) is 30.4. The molecule has 4 heteroatoms. The largest absolute Gasteiger partial charge is 0.342 e. The molecular formula is C17H23N3O. The lowest BCUT2D eigenvalue weighted by Crippen LogP contribution is -2.49. The molecule has 1 aliphatic heterocycles. The van der Waals surface area contributed by atoms with Gasteiger partial charge in [-0.1, -0.05) is 37.3 Å². The summed E-state index contributed by atoms with van der Waals surface area (Å²) >= 11 is 0. The molecule has 2 aliphatic rings. The number of benzene rings is 1. The van der Waals surface area contributed by atoms with Crippen LogP contribution in [0.1, 0.15) is 50.5 Å². The first-order valence-corrected chi connectivity index (χ1v) is 7.92. The minimum Gasteiger partial charge on any atom is -0.342 e. The fourth-order valence-electron chi connectivity index (χ4n) is 3.37. The number of nitrogens with zero attached hydrogens (tertiary/aromatic N) is 1. The van der Waals surface area contributed by atoms with Gasteiger partial charge in [-0.15, -0.1) is 0 Å². The fourth-order valence-corrected chi connectivity index (χ4v) is 3.37. The third kappa shape index (κ3) is 2.80. The molecule has 2 N–H and O–H groups in total. The molecule has 112 valence electrons. The lowest BCUT2D eigenvalue weighted by atomic mass is 9.74. The van der Waals surface area contributed by atoms with Gasteiger partial charge in [-0.3, -0.25) is 15.1 Å². The van der Waals surface area contributed by atoms with E-state index in [-0.39, 0.29) is 5.91 Å². The number of amides is 1. The quantitative estimate of drug-likeness (QED) is 0.897. The highest BCUT2D eigenvalue weighted by atomic mass is 16.2. The van der Waals surface area contributed by atoms with Crippen molar-refractivity contribution in [3.8, 4) is 0 Å². The number of nitrogens with one attached hydrogen (secondary N) is 2. The van der Waals surface area contributed by atoms with E-state index in [1.54, 1.807) is 0 Å². The van der Waals surface area contributed by atoms with Gasteiger partial charge in [0.25, 0.3) is 5.91 Å². The van der Waals surface area contributed by atoms with Gasteiger partial charge in [-0.2, -0.15) is 0 Å². The van der Waals surface area contributed by atoms with Crippen LogP contribution in [0.3, 0.4) is 0 Å². The number of hydrogen-bond acceptors (Lipinski definition) is 2. The highest BCUT2D eigenvalue weighted by Gasteiger charge is 2.47. The number of carbonyl (C=O) groups excluding carboxylic acids is 1. The minimum atomic E-state index is -0.419. The second-order valence-electron chi connectivity index (χ2n) is 6.08. The predicted molar refractivity (Wildman–Crippen MR) is 84.3 cm³/mol. The second kappa shape index (κ2) is 5.88. The number of aliphatic imine (C=N–C) groups is 1. The van der Waals surface area contributed by atoms with E-state index in [0.717, 1.165) is 38.6 Å². The summed E-state index contributed by atoms with van der Waals surface area (Å²) in [7, 11) is 0. The van der Waals surface area contributed by atoms with Crippen molar-refractivity contribution in [1.29, 1.82) is 0 Å². The zero-order valence-electron chi connectivity index (χ0n) is 12.6. The summed E-state index contributed by atoms with van der Waals surface area (Å²) in [5, 5.41) is 6.26. The van der Waals surface area contributed by atoms with Crippen molar-refractivity contribution in [2.75, 3.05) is 6.54 Å². The molecule has 0 aromatic heterocycles. The Hall–Kier alpha value is -1.84. The standard InChI is InChI=1S/C17H23N3O/c1-2-12-18-16-19-15(21)17(20-16)10-8-14(9-11-17)13-6-4-3-5-7-13/h3-7,14H,2,8-12H2,1H3,(H2,18,19,20,21). The van der Waals surface area contributed by atoms with Gasteiger partial charge < -0.3 is 5.32 Å². The van der Waals surface area contributed by atoms with Gasteiger partial charge in [0.05, 0.1) is 0 Å². The molecule has 1 aliphatic carbocycles. The number of carbonyl (C=O) groups is 1.